The van der Waals surface area contributed by atoms with E-state index in [0.29, 0.717) is 28.9 Å². The second kappa shape index (κ2) is 6.95. The van der Waals surface area contributed by atoms with Crippen LogP contribution in [-0.2, 0) is 11.2 Å². The summed E-state index contributed by atoms with van der Waals surface area (Å²) >= 11 is 5.88. The van der Waals surface area contributed by atoms with Crippen molar-refractivity contribution < 1.29 is 14.3 Å². The SMILES string of the molecule is Cc1oc(-c2ccc(Cl)cc2)nc1CC(=O)NCC1(O)CCCC1. The van der Waals surface area contributed by atoms with E-state index in [2.05, 4.69) is 10.3 Å². The highest BCUT2D eigenvalue weighted by Crippen LogP contribution is 2.28. The van der Waals surface area contributed by atoms with Gasteiger partial charge in [0.15, 0.2) is 0 Å². The number of aromatic nitrogens is 1. The highest BCUT2D eigenvalue weighted by atomic mass is 35.5. The van der Waals surface area contributed by atoms with Gasteiger partial charge in [-0.1, -0.05) is 24.4 Å². The fourth-order valence-corrected chi connectivity index (χ4v) is 3.12. The molecule has 2 N–H and O–H groups in total. The van der Waals surface area contributed by atoms with Crippen LogP contribution < -0.4 is 5.32 Å². The highest BCUT2D eigenvalue weighted by Gasteiger charge is 2.31. The molecule has 1 amide bonds. The van der Waals surface area contributed by atoms with E-state index in [0.717, 1.165) is 31.2 Å². The molecule has 0 aliphatic heterocycles. The molecule has 1 aromatic heterocycles. The van der Waals surface area contributed by atoms with Crippen LogP contribution in [0, 0.1) is 6.92 Å². The number of rotatable bonds is 5. The lowest BCUT2D eigenvalue weighted by molar-refractivity contribution is -0.121. The number of aryl methyl sites for hydroxylation is 1. The summed E-state index contributed by atoms with van der Waals surface area (Å²) in [5.41, 5.74) is 0.675. The fourth-order valence-electron chi connectivity index (χ4n) is 3.00. The molecular weight excluding hydrogens is 328 g/mol. The maximum absolute atomic E-state index is 12.1. The summed E-state index contributed by atoms with van der Waals surface area (Å²) in [6.45, 7) is 2.09. The average Bonchev–Trinajstić information content (AvgIpc) is 3.14. The van der Waals surface area contributed by atoms with Gasteiger partial charge in [0, 0.05) is 17.1 Å². The molecule has 1 fully saturated rings. The Labute approximate surface area is 146 Å². The van der Waals surface area contributed by atoms with Crippen molar-refractivity contribution in [2.45, 2.75) is 44.6 Å². The van der Waals surface area contributed by atoms with Crippen molar-refractivity contribution >= 4 is 17.5 Å². The third-order valence-corrected chi connectivity index (χ3v) is 4.71. The lowest BCUT2D eigenvalue weighted by atomic mass is 10.0. The van der Waals surface area contributed by atoms with Crippen LogP contribution in [-0.4, -0.2) is 28.1 Å². The molecule has 0 atom stereocenters. The van der Waals surface area contributed by atoms with Crippen LogP contribution in [0.4, 0.5) is 0 Å². The van der Waals surface area contributed by atoms with Crippen molar-refractivity contribution in [1.29, 1.82) is 0 Å². The minimum atomic E-state index is -0.747. The van der Waals surface area contributed by atoms with Crippen LogP contribution in [0.2, 0.25) is 5.02 Å². The number of amides is 1. The zero-order chi connectivity index (χ0) is 17.2. The average molecular weight is 349 g/mol. The maximum Gasteiger partial charge on any atom is 0.226 e. The molecule has 1 saturated carbocycles. The number of halogens is 1. The maximum atomic E-state index is 12.1. The summed E-state index contributed by atoms with van der Waals surface area (Å²) in [6.07, 6.45) is 3.66. The van der Waals surface area contributed by atoms with E-state index in [1.54, 1.807) is 19.1 Å². The van der Waals surface area contributed by atoms with Gasteiger partial charge in [-0.3, -0.25) is 4.79 Å². The van der Waals surface area contributed by atoms with Gasteiger partial charge >= 0.3 is 0 Å². The number of carbonyl (C=O) groups is 1. The largest absolute Gasteiger partial charge is 0.441 e. The van der Waals surface area contributed by atoms with Crippen LogP contribution >= 0.6 is 11.6 Å². The topological polar surface area (TPSA) is 75.4 Å². The van der Waals surface area contributed by atoms with E-state index in [1.165, 1.54) is 0 Å². The third-order valence-electron chi connectivity index (χ3n) is 4.46. The van der Waals surface area contributed by atoms with Crippen molar-refractivity contribution in [2.75, 3.05) is 6.54 Å². The van der Waals surface area contributed by atoms with Gasteiger partial charge in [0.25, 0.3) is 0 Å². The minimum absolute atomic E-state index is 0.138. The van der Waals surface area contributed by atoms with E-state index >= 15 is 0 Å². The van der Waals surface area contributed by atoms with Crippen LogP contribution in [0.5, 0.6) is 0 Å². The molecule has 0 radical (unpaired) electrons. The number of hydrogen-bond donors (Lipinski definition) is 2. The molecule has 0 unspecified atom stereocenters. The van der Waals surface area contributed by atoms with Gasteiger partial charge in [-0.25, -0.2) is 4.98 Å². The first-order chi connectivity index (χ1) is 11.5. The first-order valence-corrected chi connectivity index (χ1v) is 8.54. The first-order valence-electron chi connectivity index (χ1n) is 8.16. The molecule has 0 saturated heterocycles. The Kier molecular flexibility index (Phi) is 4.92. The molecule has 1 aliphatic rings. The molecule has 6 heteroatoms. The summed E-state index contributed by atoms with van der Waals surface area (Å²) in [5.74, 6) is 0.936. The van der Waals surface area contributed by atoms with Crippen LogP contribution in [0.3, 0.4) is 0 Å². The van der Waals surface area contributed by atoms with E-state index in [1.807, 2.05) is 12.1 Å². The van der Waals surface area contributed by atoms with Gasteiger partial charge in [0.05, 0.1) is 17.7 Å². The Balaban J connectivity index is 1.62. The third kappa shape index (κ3) is 3.97. The van der Waals surface area contributed by atoms with Gasteiger partial charge < -0.3 is 14.8 Å². The Morgan fingerprint density at radius 1 is 1.33 bits per heavy atom. The molecule has 24 heavy (non-hydrogen) atoms. The Bertz CT molecular complexity index is 718. The normalized spacial score (nSPS) is 16.3. The van der Waals surface area contributed by atoms with Crippen LogP contribution in [0.25, 0.3) is 11.5 Å². The molecule has 0 bridgehead atoms. The quantitative estimate of drug-likeness (QED) is 0.869. The number of hydrogen-bond acceptors (Lipinski definition) is 4. The lowest BCUT2D eigenvalue weighted by Gasteiger charge is -2.22. The Morgan fingerprint density at radius 2 is 2.00 bits per heavy atom. The van der Waals surface area contributed by atoms with Crippen molar-refractivity contribution in [1.82, 2.24) is 10.3 Å². The molecular formula is C18H21ClN2O3. The number of oxazole rings is 1. The monoisotopic (exact) mass is 348 g/mol. The second-order valence-electron chi connectivity index (χ2n) is 6.41. The molecule has 1 heterocycles. The number of benzene rings is 1. The standard InChI is InChI=1S/C18H21ClN2O3/c1-12-15(10-16(22)20-11-18(23)8-2-3-9-18)21-17(24-12)13-4-6-14(19)7-5-13/h4-7,23H,2-3,8-11H2,1H3,(H,20,22). The minimum Gasteiger partial charge on any atom is -0.441 e. The molecule has 1 aromatic carbocycles. The van der Waals surface area contributed by atoms with Crippen LogP contribution in [0.15, 0.2) is 28.7 Å². The van der Waals surface area contributed by atoms with Crippen molar-refractivity contribution in [3.63, 3.8) is 0 Å². The van der Waals surface area contributed by atoms with E-state index in [9.17, 15) is 9.90 Å². The van der Waals surface area contributed by atoms with Gasteiger partial charge in [-0.2, -0.15) is 0 Å². The number of nitrogens with one attached hydrogen (secondary N) is 1. The number of carbonyl (C=O) groups excluding carboxylic acids is 1. The number of aliphatic hydroxyl groups is 1. The molecule has 1 aliphatic carbocycles. The predicted octanol–water partition coefficient (Wildman–Crippen LogP) is 3.27. The van der Waals surface area contributed by atoms with Crippen molar-refractivity contribution in [3.8, 4) is 11.5 Å². The highest BCUT2D eigenvalue weighted by molar-refractivity contribution is 6.30. The second-order valence-corrected chi connectivity index (χ2v) is 6.85. The molecule has 5 nitrogen and oxygen atoms in total. The summed E-state index contributed by atoms with van der Waals surface area (Å²) in [4.78, 5) is 16.5. The van der Waals surface area contributed by atoms with Gasteiger partial charge in [-0.15, -0.1) is 0 Å². The van der Waals surface area contributed by atoms with Crippen LogP contribution in [0.1, 0.15) is 37.1 Å². The zero-order valence-electron chi connectivity index (χ0n) is 13.6. The first kappa shape index (κ1) is 17.0. The smallest absolute Gasteiger partial charge is 0.226 e. The van der Waals surface area contributed by atoms with Gasteiger partial charge in [0.1, 0.15) is 5.76 Å². The van der Waals surface area contributed by atoms with E-state index in [4.69, 9.17) is 16.0 Å². The van der Waals surface area contributed by atoms with Gasteiger partial charge in [0.2, 0.25) is 11.8 Å². The van der Waals surface area contributed by atoms with Crippen molar-refractivity contribution in [3.05, 3.63) is 40.7 Å². The lowest BCUT2D eigenvalue weighted by Crippen LogP contribution is -2.41. The Hall–Kier alpha value is -1.85. The zero-order valence-corrected chi connectivity index (χ0v) is 14.4. The fraction of sp³-hybridized carbons (Fsp3) is 0.444. The molecule has 0 spiro atoms. The molecule has 2 aromatic rings. The summed E-state index contributed by atoms with van der Waals surface area (Å²) in [6, 6.07) is 7.19. The number of nitrogens with zero attached hydrogens (tertiary/aromatic N) is 1. The van der Waals surface area contributed by atoms with E-state index in [-0.39, 0.29) is 12.3 Å². The summed E-state index contributed by atoms with van der Waals surface area (Å²) < 4.78 is 5.66. The molecule has 128 valence electrons. The van der Waals surface area contributed by atoms with Gasteiger partial charge in [-0.05, 0) is 44.0 Å². The molecule has 3 rings (SSSR count). The summed E-state index contributed by atoms with van der Waals surface area (Å²) in [7, 11) is 0. The Morgan fingerprint density at radius 3 is 2.67 bits per heavy atom. The van der Waals surface area contributed by atoms with E-state index < -0.39 is 5.60 Å². The predicted molar refractivity (Wildman–Crippen MR) is 91.8 cm³/mol. The summed E-state index contributed by atoms with van der Waals surface area (Å²) in [5, 5.41) is 13.7. The van der Waals surface area contributed by atoms with Crippen molar-refractivity contribution in [2.24, 2.45) is 0 Å².